The highest BCUT2D eigenvalue weighted by molar-refractivity contribution is 8.76. The number of benzene rings is 5. The zero-order chi connectivity index (χ0) is 65.6. The number of carboxylic acid groups (broad SMARTS) is 1. The number of aromatic nitrogens is 1. The van der Waals surface area contributed by atoms with Gasteiger partial charge < -0.3 is 79.2 Å². The first-order chi connectivity index (χ1) is 43.7. The van der Waals surface area contributed by atoms with Gasteiger partial charge in [0.25, 0.3) is 11.8 Å². The monoisotopic (exact) mass is 1280 g/mol. The second-order valence-corrected chi connectivity index (χ2v) is 24.5. The molecular formula is C64H76N12O13S2. The number of carboxylic acids is 1. The fourth-order valence-electron chi connectivity index (χ4n) is 9.92. The minimum absolute atomic E-state index is 0.0269. The molecule has 5 aromatic carbocycles. The number of hydrogen-bond acceptors (Lipinski definition) is 16. The third-order valence-electron chi connectivity index (χ3n) is 15.0. The maximum Gasteiger partial charge on any atom is 0.327 e. The van der Waals surface area contributed by atoms with Crippen molar-refractivity contribution in [1.82, 2.24) is 52.4 Å². The van der Waals surface area contributed by atoms with Gasteiger partial charge in [-0.3, -0.25) is 43.2 Å². The van der Waals surface area contributed by atoms with Crippen molar-refractivity contribution in [2.24, 2.45) is 11.5 Å². The number of phenolic OH excluding ortho intramolecular Hbond substituents is 1. The molecule has 16 N–H and O–H groups in total. The maximum absolute atomic E-state index is 15.3. The number of aliphatic hydroxyl groups is 1. The van der Waals surface area contributed by atoms with Crippen LogP contribution in [0.4, 0.5) is 0 Å². The normalized spacial score (nSPS) is 21.9. The highest BCUT2D eigenvalue weighted by Gasteiger charge is 2.39. The van der Waals surface area contributed by atoms with Crippen molar-refractivity contribution in [2.45, 2.75) is 112 Å². The van der Waals surface area contributed by atoms with Crippen LogP contribution < -0.4 is 54.0 Å². The van der Waals surface area contributed by atoms with Crippen molar-refractivity contribution < 1.29 is 63.3 Å². The molecule has 1 aliphatic heterocycles. The second kappa shape index (κ2) is 34.1. The Hall–Kier alpha value is -9.28. The Morgan fingerprint density at radius 2 is 1.13 bits per heavy atom. The number of aliphatic hydroxyl groups excluding tert-OH is 1. The van der Waals surface area contributed by atoms with E-state index in [0.29, 0.717) is 39.6 Å². The Morgan fingerprint density at radius 3 is 1.75 bits per heavy atom. The van der Waals surface area contributed by atoms with Crippen molar-refractivity contribution in [3.05, 3.63) is 174 Å². The van der Waals surface area contributed by atoms with E-state index in [0.717, 1.165) is 26.5 Å². The van der Waals surface area contributed by atoms with Crippen molar-refractivity contribution in [1.29, 1.82) is 0 Å². The third-order valence-corrected chi connectivity index (χ3v) is 17.4. The van der Waals surface area contributed by atoms with E-state index in [4.69, 9.17) is 11.5 Å². The number of likely N-dealkylation sites (N-methyl/N-ethyl adjacent to an activating group) is 1. The van der Waals surface area contributed by atoms with Gasteiger partial charge in [-0.25, -0.2) is 4.79 Å². The van der Waals surface area contributed by atoms with Crippen LogP contribution in [0.3, 0.4) is 0 Å². The molecule has 2 heterocycles. The number of H-pyrrole nitrogens is 1. The number of hydrogen-bond donors (Lipinski definition) is 14. The molecule has 10 atom stereocenters. The number of carbonyl (C=O) groups is 10. The average molecular weight is 1290 g/mol. The SMILES string of the molecule is C[C@@H](O)[C@@H]1NC(=O)[C@H](CCCCN)NC(=O)[C@H](Cc2c[nH]c3ccccc23)NC(=O)[C@H](N(C)C(=O)c2ccccc2)NC(=O)[C@H](Cc2ccccc2)NC(=O)[C@@H](NC(=O)[C@@H](N)Cc2ccc(O)cc2)CSSC[C@@H](C(=O)O)NC(=O)[C@H](Cc2ccccc2)NC1=O. The minimum Gasteiger partial charge on any atom is -0.508 e. The van der Waals surface area contributed by atoms with Gasteiger partial charge in [0.2, 0.25) is 41.4 Å². The molecule has 25 nitrogen and oxygen atoms in total. The summed E-state index contributed by atoms with van der Waals surface area (Å²) in [6, 6.07) is 25.4. The molecule has 1 fully saturated rings. The summed E-state index contributed by atoms with van der Waals surface area (Å²) in [6.45, 7) is 1.41. The Morgan fingerprint density at radius 1 is 0.604 bits per heavy atom. The number of rotatable bonds is 18. The number of aliphatic carboxylic acids is 1. The van der Waals surface area contributed by atoms with Crippen molar-refractivity contribution >= 4 is 91.6 Å². The number of fused-ring (bicyclic) bond motifs is 1. The summed E-state index contributed by atoms with van der Waals surface area (Å²) >= 11 is 0. The smallest absolute Gasteiger partial charge is 0.327 e. The predicted octanol–water partition coefficient (Wildman–Crippen LogP) is 1.07. The van der Waals surface area contributed by atoms with Gasteiger partial charge in [0.1, 0.15) is 48.0 Å². The zero-order valence-corrected chi connectivity index (χ0v) is 51.7. The molecule has 0 spiro atoms. The number of amides is 9. The van der Waals surface area contributed by atoms with Gasteiger partial charge >= 0.3 is 5.97 Å². The summed E-state index contributed by atoms with van der Waals surface area (Å²) in [5, 5.41) is 53.2. The molecule has 0 bridgehead atoms. The number of aromatic hydroxyl groups is 1. The summed E-state index contributed by atoms with van der Waals surface area (Å²) in [5.41, 5.74) is 15.2. The standard InChI is InChI=1S/C64H76N12O13S2/c1-37(77)53-61(85)70-48(31-38-16-6-3-7-17-38)57(81)73-52(64(88)89)36-91-90-35-51(72-55(79)45(66)30-40-25-27-43(78)28-26-40)60(84)69-49(32-39-18-8-4-9-19-39)59(83)75-54(76(2)63(87)41-20-10-5-11-21-41)62(86)71-50(33-42-34-67-46-23-13-12-22-44(42)46)58(82)68-47(56(80)74-53)24-14-15-29-65/h3-13,16-23,25-28,34,37,45,47-54,67,77-78H,14-15,24,29-33,35-36,65-66H2,1-2H3,(H,68,82)(H,69,84)(H,70,85)(H,71,86)(H,72,79)(H,73,81)(H,74,80)(H,75,83)(H,88,89)/t37-,45+,47+,48+,49+,50+,51+,52+,53+,54+/m1/s1. The first-order valence-corrected chi connectivity index (χ1v) is 31.9. The topological polar surface area (TPSA) is 399 Å². The van der Waals surface area contributed by atoms with Crippen molar-refractivity contribution in [3.8, 4) is 5.75 Å². The van der Waals surface area contributed by atoms with Crippen LogP contribution in [0.5, 0.6) is 5.75 Å². The molecule has 9 amide bonds. The van der Waals surface area contributed by atoms with Gasteiger partial charge in [-0.2, -0.15) is 0 Å². The van der Waals surface area contributed by atoms with Crippen LogP contribution >= 0.6 is 21.6 Å². The zero-order valence-electron chi connectivity index (χ0n) is 50.0. The lowest BCUT2D eigenvalue weighted by molar-refractivity contribution is -0.141. The first kappa shape index (κ1) is 69.2. The van der Waals surface area contributed by atoms with Crippen LogP contribution in [0.25, 0.3) is 10.9 Å². The highest BCUT2D eigenvalue weighted by atomic mass is 33.1. The lowest BCUT2D eigenvalue weighted by Crippen LogP contribution is -2.64. The van der Waals surface area contributed by atoms with Gasteiger partial charge in [0.05, 0.1) is 12.1 Å². The Labute approximate surface area is 533 Å². The van der Waals surface area contributed by atoms with Crippen molar-refractivity contribution in [3.63, 3.8) is 0 Å². The molecule has 0 aliphatic carbocycles. The highest BCUT2D eigenvalue weighted by Crippen LogP contribution is 2.25. The van der Waals surface area contributed by atoms with E-state index in [1.807, 2.05) is 0 Å². The molecule has 27 heteroatoms. The van der Waals surface area contributed by atoms with Crippen LogP contribution in [0.2, 0.25) is 0 Å². The van der Waals surface area contributed by atoms with Crippen molar-refractivity contribution in [2.75, 3.05) is 25.1 Å². The molecule has 0 radical (unpaired) electrons. The Balaban J connectivity index is 1.32. The second-order valence-electron chi connectivity index (χ2n) is 21.9. The van der Waals surface area contributed by atoms with Gasteiger partial charge in [-0.15, -0.1) is 0 Å². The quantitative estimate of drug-likeness (QED) is 0.0423. The van der Waals surface area contributed by atoms with Gasteiger partial charge in [0.15, 0.2) is 6.17 Å². The maximum atomic E-state index is 15.3. The van der Waals surface area contributed by atoms with E-state index in [-0.39, 0.29) is 67.9 Å². The number of nitrogens with two attached hydrogens (primary N) is 2. The number of carbonyl (C=O) groups excluding carboxylic acids is 9. The molecule has 1 aliphatic rings. The summed E-state index contributed by atoms with van der Waals surface area (Å²) in [5.74, 6) is -10.7. The minimum atomic E-state index is -1.95. The fraction of sp³-hybridized carbons (Fsp3) is 0.344. The van der Waals surface area contributed by atoms with E-state index in [1.54, 1.807) is 121 Å². The largest absolute Gasteiger partial charge is 0.508 e. The lowest BCUT2D eigenvalue weighted by atomic mass is 10.0. The molecule has 0 unspecified atom stereocenters. The summed E-state index contributed by atoms with van der Waals surface area (Å²) in [4.78, 5) is 149. The number of phenols is 1. The summed E-state index contributed by atoms with van der Waals surface area (Å²) < 4.78 is 0. The number of para-hydroxylation sites is 1. The third kappa shape index (κ3) is 20.4. The molecule has 1 saturated heterocycles. The van der Waals surface area contributed by atoms with Crippen LogP contribution in [-0.2, 0) is 68.8 Å². The van der Waals surface area contributed by atoms with Crippen LogP contribution in [-0.4, -0.2) is 170 Å². The number of unbranched alkanes of at least 4 members (excludes halogenated alkanes) is 1. The Bertz CT molecular complexity index is 3480. The lowest BCUT2D eigenvalue weighted by Gasteiger charge is -2.32. The van der Waals surface area contributed by atoms with E-state index in [2.05, 4.69) is 47.5 Å². The van der Waals surface area contributed by atoms with Gasteiger partial charge in [0, 0.05) is 60.5 Å². The van der Waals surface area contributed by atoms with Gasteiger partial charge in [-0.1, -0.05) is 131 Å². The van der Waals surface area contributed by atoms with Crippen LogP contribution in [0.1, 0.15) is 58.8 Å². The molecule has 482 valence electrons. The van der Waals surface area contributed by atoms with E-state index in [9.17, 15) is 48.9 Å². The summed E-state index contributed by atoms with van der Waals surface area (Å²) in [6.07, 6.45) is -2.13. The number of nitrogens with zero attached hydrogens (tertiary/aromatic N) is 1. The van der Waals surface area contributed by atoms with Crippen LogP contribution in [0.15, 0.2) is 146 Å². The molecule has 7 rings (SSSR count). The molecule has 91 heavy (non-hydrogen) atoms. The Kier molecular flexibility index (Phi) is 25.9. The van der Waals surface area contributed by atoms with Gasteiger partial charge in [-0.05, 0) is 91.7 Å². The van der Waals surface area contributed by atoms with E-state index in [1.165, 1.54) is 38.2 Å². The van der Waals surface area contributed by atoms with Crippen LogP contribution in [0, 0.1) is 0 Å². The van der Waals surface area contributed by atoms with E-state index < -0.39 is 120 Å². The predicted molar refractivity (Wildman–Crippen MR) is 343 cm³/mol. The van der Waals surface area contributed by atoms with E-state index >= 15 is 14.4 Å². The molecule has 0 saturated carbocycles. The first-order valence-electron chi connectivity index (χ1n) is 29.5. The fourth-order valence-corrected chi connectivity index (χ4v) is 12.2. The molecule has 6 aromatic rings. The average Bonchev–Trinajstić information content (AvgIpc) is 2.17. The molecular weight excluding hydrogens is 1210 g/mol. The number of aromatic amines is 1. The summed E-state index contributed by atoms with van der Waals surface area (Å²) in [7, 11) is 3.06. The number of nitrogens with one attached hydrogen (secondary N) is 9. The molecule has 1 aromatic heterocycles.